The van der Waals surface area contributed by atoms with Crippen molar-refractivity contribution in [3.63, 3.8) is 0 Å². The molecule has 7 nitrogen and oxygen atoms in total. The topological polar surface area (TPSA) is 84.0 Å². The highest BCUT2D eigenvalue weighted by atomic mass is 127. The first-order chi connectivity index (χ1) is 12.5. The molecule has 0 fully saturated rings. The van der Waals surface area contributed by atoms with Gasteiger partial charge in [-0.05, 0) is 19.9 Å². The van der Waals surface area contributed by atoms with E-state index in [0.29, 0.717) is 37.8 Å². The van der Waals surface area contributed by atoms with Crippen molar-refractivity contribution in [2.45, 2.75) is 33.9 Å². The smallest absolute Gasteiger partial charge is 0.387 e. The van der Waals surface area contributed by atoms with E-state index in [2.05, 4.69) is 25.7 Å². The molecule has 0 radical (unpaired) electrons. The van der Waals surface area contributed by atoms with Crippen LogP contribution in [0, 0.1) is 0 Å². The van der Waals surface area contributed by atoms with E-state index in [4.69, 9.17) is 4.74 Å². The van der Waals surface area contributed by atoms with Crippen LogP contribution in [0.1, 0.15) is 26.3 Å². The predicted molar refractivity (Wildman–Crippen MR) is 111 cm³/mol. The molecule has 10 heteroatoms. The Morgan fingerprint density at radius 1 is 1.19 bits per heavy atom. The number of alkyl halides is 2. The minimum Gasteiger partial charge on any atom is -0.490 e. The maximum atomic E-state index is 12.7. The van der Waals surface area contributed by atoms with Crippen LogP contribution >= 0.6 is 24.0 Å². The number of amides is 1. The monoisotopic (exact) mass is 500 g/mol. The fourth-order valence-electron chi connectivity index (χ4n) is 2.10. The number of nitrogens with one attached hydrogen (secondary N) is 3. The largest absolute Gasteiger partial charge is 0.490 e. The summed E-state index contributed by atoms with van der Waals surface area (Å²) in [6, 6.07) is 4.93. The highest BCUT2D eigenvalue weighted by molar-refractivity contribution is 14.0. The maximum absolute atomic E-state index is 12.7. The molecule has 0 heterocycles. The van der Waals surface area contributed by atoms with E-state index in [1.807, 2.05) is 6.92 Å². The SMILES string of the molecule is CCNC(=NCc1cccc(OCC)c1OC(F)F)NCCNC(C)=O.I. The van der Waals surface area contributed by atoms with Crippen LogP contribution < -0.4 is 25.4 Å². The molecule has 0 aliphatic rings. The van der Waals surface area contributed by atoms with Crippen molar-refractivity contribution in [2.75, 3.05) is 26.2 Å². The molecule has 0 atom stereocenters. The van der Waals surface area contributed by atoms with Gasteiger partial charge in [0.05, 0.1) is 13.2 Å². The normalized spacial score (nSPS) is 10.8. The number of para-hydroxylation sites is 1. The van der Waals surface area contributed by atoms with Gasteiger partial charge in [0, 0.05) is 32.1 Å². The van der Waals surface area contributed by atoms with Gasteiger partial charge in [-0.3, -0.25) is 4.79 Å². The second-order valence-corrected chi connectivity index (χ2v) is 5.16. The van der Waals surface area contributed by atoms with Crippen molar-refractivity contribution in [3.8, 4) is 11.5 Å². The van der Waals surface area contributed by atoms with E-state index in [0.717, 1.165) is 0 Å². The van der Waals surface area contributed by atoms with Crippen molar-refractivity contribution in [1.29, 1.82) is 0 Å². The van der Waals surface area contributed by atoms with E-state index < -0.39 is 6.61 Å². The number of carbonyl (C=O) groups is 1. The highest BCUT2D eigenvalue weighted by Crippen LogP contribution is 2.33. The molecule has 1 rings (SSSR count). The summed E-state index contributed by atoms with van der Waals surface area (Å²) >= 11 is 0. The molecule has 0 aliphatic carbocycles. The van der Waals surface area contributed by atoms with Crippen LogP contribution in [-0.4, -0.2) is 44.7 Å². The van der Waals surface area contributed by atoms with Crippen LogP contribution in [0.15, 0.2) is 23.2 Å². The molecule has 0 unspecified atom stereocenters. The minimum atomic E-state index is -2.96. The van der Waals surface area contributed by atoms with Crippen LogP contribution in [0.4, 0.5) is 8.78 Å². The summed E-state index contributed by atoms with van der Waals surface area (Å²) in [5.41, 5.74) is 0.482. The van der Waals surface area contributed by atoms with Gasteiger partial charge in [0.1, 0.15) is 0 Å². The number of benzene rings is 1. The van der Waals surface area contributed by atoms with Gasteiger partial charge in [-0.15, -0.1) is 24.0 Å². The van der Waals surface area contributed by atoms with Gasteiger partial charge in [0.15, 0.2) is 17.5 Å². The lowest BCUT2D eigenvalue weighted by atomic mass is 10.2. The Morgan fingerprint density at radius 2 is 1.89 bits per heavy atom. The molecule has 27 heavy (non-hydrogen) atoms. The Balaban J connectivity index is 0.00000676. The third-order valence-corrected chi connectivity index (χ3v) is 3.11. The van der Waals surface area contributed by atoms with Crippen molar-refractivity contribution in [2.24, 2.45) is 4.99 Å². The number of carbonyl (C=O) groups excluding carboxylic acids is 1. The van der Waals surface area contributed by atoms with Crippen molar-refractivity contribution in [3.05, 3.63) is 23.8 Å². The molecule has 3 N–H and O–H groups in total. The fourth-order valence-corrected chi connectivity index (χ4v) is 2.10. The van der Waals surface area contributed by atoms with Gasteiger partial charge in [-0.25, -0.2) is 4.99 Å². The van der Waals surface area contributed by atoms with E-state index in [1.165, 1.54) is 6.92 Å². The Morgan fingerprint density at radius 3 is 2.48 bits per heavy atom. The van der Waals surface area contributed by atoms with Crippen LogP contribution in [0.3, 0.4) is 0 Å². The van der Waals surface area contributed by atoms with Crippen LogP contribution in [0.25, 0.3) is 0 Å². The van der Waals surface area contributed by atoms with E-state index in [9.17, 15) is 13.6 Å². The number of nitrogens with zero attached hydrogens (tertiary/aromatic N) is 1. The molecule has 154 valence electrons. The van der Waals surface area contributed by atoms with Gasteiger partial charge >= 0.3 is 6.61 Å². The fraction of sp³-hybridized carbons (Fsp3) is 0.529. The molecule has 1 amide bonds. The zero-order chi connectivity index (χ0) is 19.4. The number of guanidine groups is 1. The summed E-state index contributed by atoms with van der Waals surface area (Å²) in [6.45, 7) is 4.16. The summed E-state index contributed by atoms with van der Waals surface area (Å²) in [7, 11) is 0. The first-order valence-electron chi connectivity index (χ1n) is 8.44. The predicted octanol–water partition coefficient (Wildman–Crippen LogP) is 2.50. The number of hydrogen-bond acceptors (Lipinski definition) is 4. The minimum absolute atomic E-state index is 0. The van der Waals surface area contributed by atoms with Crippen LogP contribution in [0.2, 0.25) is 0 Å². The lowest BCUT2D eigenvalue weighted by Gasteiger charge is -2.15. The first kappa shape index (κ1) is 25.1. The van der Waals surface area contributed by atoms with Crippen molar-refractivity contribution in [1.82, 2.24) is 16.0 Å². The first-order valence-corrected chi connectivity index (χ1v) is 8.44. The molecule has 0 saturated heterocycles. The second kappa shape index (κ2) is 14.2. The van der Waals surface area contributed by atoms with Crippen LogP contribution in [0.5, 0.6) is 11.5 Å². The summed E-state index contributed by atoms with van der Waals surface area (Å²) in [5, 5.41) is 8.76. The Labute approximate surface area is 175 Å². The van der Waals surface area contributed by atoms with E-state index >= 15 is 0 Å². The van der Waals surface area contributed by atoms with E-state index in [1.54, 1.807) is 25.1 Å². The van der Waals surface area contributed by atoms with Crippen molar-refractivity contribution >= 4 is 35.8 Å². The summed E-state index contributed by atoms with van der Waals surface area (Å²) in [4.78, 5) is 15.2. The van der Waals surface area contributed by atoms with E-state index in [-0.39, 0.29) is 47.9 Å². The Kier molecular flexibility index (Phi) is 13.3. The third-order valence-electron chi connectivity index (χ3n) is 3.11. The average Bonchev–Trinajstić information content (AvgIpc) is 2.58. The standard InChI is InChI=1S/C17H26F2N4O3.HI/c1-4-20-17(22-10-9-21-12(3)24)23-11-13-7-6-8-14(25-5-2)15(13)26-16(18)19;/h6-8,16H,4-5,9-11H2,1-3H3,(H,21,24)(H2,20,22,23);1H. The molecule has 1 aromatic carbocycles. The van der Waals surface area contributed by atoms with Crippen LogP contribution in [-0.2, 0) is 11.3 Å². The number of rotatable bonds is 10. The summed E-state index contributed by atoms with van der Waals surface area (Å²) < 4.78 is 35.5. The number of aliphatic imine (C=N–C) groups is 1. The molecule has 0 spiro atoms. The van der Waals surface area contributed by atoms with Gasteiger partial charge in [0.25, 0.3) is 0 Å². The highest BCUT2D eigenvalue weighted by Gasteiger charge is 2.15. The lowest BCUT2D eigenvalue weighted by molar-refractivity contribution is -0.118. The number of ether oxygens (including phenoxy) is 2. The van der Waals surface area contributed by atoms with Gasteiger partial charge in [0.2, 0.25) is 5.91 Å². The molecular weight excluding hydrogens is 473 g/mol. The Hall–Kier alpha value is -1.85. The molecule has 0 aliphatic heterocycles. The van der Waals surface area contributed by atoms with Crippen molar-refractivity contribution < 1.29 is 23.0 Å². The lowest BCUT2D eigenvalue weighted by Crippen LogP contribution is -2.41. The molecule has 0 bridgehead atoms. The molecule has 1 aromatic rings. The zero-order valence-electron chi connectivity index (χ0n) is 15.7. The van der Waals surface area contributed by atoms with Gasteiger partial charge < -0.3 is 25.4 Å². The quantitative estimate of drug-likeness (QED) is 0.199. The molecule has 0 saturated carbocycles. The molecular formula is C17H27F2IN4O3. The van der Waals surface area contributed by atoms with Gasteiger partial charge in [-0.2, -0.15) is 8.78 Å². The number of hydrogen-bond donors (Lipinski definition) is 3. The average molecular weight is 500 g/mol. The zero-order valence-corrected chi connectivity index (χ0v) is 18.0. The van der Waals surface area contributed by atoms with Gasteiger partial charge in [-0.1, -0.05) is 12.1 Å². The Bertz CT molecular complexity index is 604. The second-order valence-electron chi connectivity index (χ2n) is 5.16. The summed E-state index contributed by atoms with van der Waals surface area (Å²) in [5.74, 6) is 0.629. The maximum Gasteiger partial charge on any atom is 0.387 e. The molecule has 0 aromatic heterocycles. The summed E-state index contributed by atoms with van der Waals surface area (Å²) in [6.07, 6.45) is 0. The number of halogens is 3. The third kappa shape index (κ3) is 10.2.